The van der Waals surface area contributed by atoms with Crippen LogP contribution in [-0.4, -0.2) is 65.5 Å². The highest BCUT2D eigenvalue weighted by Crippen LogP contribution is 2.44. The van der Waals surface area contributed by atoms with Crippen molar-refractivity contribution in [2.24, 2.45) is 22.7 Å². The number of Topliss-reactive ketones (excluding diaryl/α,β-unsaturated/α-hetero) is 1. The van der Waals surface area contributed by atoms with Gasteiger partial charge in [0.05, 0.1) is 52.5 Å². The van der Waals surface area contributed by atoms with Gasteiger partial charge in [-0.2, -0.15) is 0 Å². The highest BCUT2D eigenvalue weighted by atomic mass is 32.1. The van der Waals surface area contributed by atoms with Gasteiger partial charge in [0.15, 0.2) is 0 Å². The van der Waals surface area contributed by atoms with E-state index in [0.717, 1.165) is 52.3 Å². The number of hydrogen-bond donors (Lipinski definition) is 3. The average molecular weight is 761 g/mol. The summed E-state index contributed by atoms with van der Waals surface area (Å²) in [6, 6.07) is 18.9. The van der Waals surface area contributed by atoms with Gasteiger partial charge in [0.2, 0.25) is 5.91 Å². The molecule has 0 radical (unpaired) electrons. The number of amides is 1. The number of carbonyl (C=O) groups is 2. The van der Waals surface area contributed by atoms with Crippen molar-refractivity contribution in [1.82, 2.24) is 10.3 Å². The molecule has 1 aromatic heterocycles. The van der Waals surface area contributed by atoms with Gasteiger partial charge in [-0.25, -0.2) is 4.98 Å². The molecule has 3 heterocycles. The average Bonchev–Trinajstić information content (AvgIpc) is 3.54. The highest BCUT2D eigenvalue weighted by Gasteiger charge is 2.52. The molecule has 0 spiro atoms. The Bertz CT molecular complexity index is 1680. The first-order valence-corrected chi connectivity index (χ1v) is 21.2. The van der Waals surface area contributed by atoms with Crippen LogP contribution in [0, 0.1) is 22.7 Å². The maximum atomic E-state index is 13.3. The molecular weight excluding hydrogens is 701 g/mol. The van der Waals surface area contributed by atoms with Crippen LogP contribution in [-0.2, 0) is 25.2 Å². The maximum Gasteiger partial charge on any atom is 0.346 e. The molecule has 288 valence electrons. The van der Waals surface area contributed by atoms with Crippen molar-refractivity contribution >= 4 is 48.2 Å². The summed E-state index contributed by atoms with van der Waals surface area (Å²) in [6.45, 7) is 17.7. The number of aliphatic hydroxyl groups is 2. The molecule has 10 heteroatoms. The number of fused-ring (bicyclic) bond motifs is 1. The Hall–Kier alpha value is -3.15. The van der Waals surface area contributed by atoms with E-state index in [0.29, 0.717) is 6.42 Å². The van der Waals surface area contributed by atoms with Gasteiger partial charge in [0.25, 0.3) is 0 Å². The Morgan fingerprint density at radius 3 is 2.17 bits per heavy atom. The van der Waals surface area contributed by atoms with E-state index >= 15 is 0 Å². The van der Waals surface area contributed by atoms with Crippen LogP contribution in [0.25, 0.3) is 6.08 Å². The third-order valence-corrected chi connectivity index (χ3v) is 13.3. The van der Waals surface area contributed by atoms with Gasteiger partial charge in [-0.05, 0) is 49.7 Å². The molecule has 1 amide bonds. The SMILES string of the molecule is C/C(=C\c1csc(CC(C)(C)C)n1)C1C[C@@H]2O[C@]2(C)CCC[C@H](C)[C@H](O)[C@@H](C)C(=O)C(C)(C)[C@@H](O)CC(=O)N1.O=[Si](c1ccccc1)c1ccccc1. The Morgan fingerprint density at radius 2 is 1.60 bits per heavy atom. The lowest BCUT2D eigenvalue weighted by molar-refractivity contribution is -0.143. The Kier molecular flexibility index (Phi) is 14.5. The molecule has 2 aliphatic heterocycles. The molecule has 3 N–H and O–H groups in total. The number of hydrogen-bond acceptors (Lipinski definition) is 8. The first-order valence-electron chi connectivity index (χ1n) is 19.0. The summed E-state index contributed by atoms with van der Waals surface area (Å²) in [6.07, 6.45) is 3.90. The molecule has 7 atom stereocenters. The molecule has 1 unspecified atom stereocenters. The van der Waals surface area contributed by atoms with Gasteiger partial charge in [-0.1, -0.05) is 116 Å². The van der Waals surface area contributed by atoms with Crippen molar-refractivity contribution < 1.29 is 29.0 Å². The van der Waals surface area contributed by atoms with E-state index in [9.17, 15) is 24.3 Å². The second kappa shape index (κ2) is 18.0. The molecule has 0 saturated carbocycles. The molecule has 3 aromatic rings. The summed E-state index contributed by atoms with van der Waals surface area (Å²) >= 11 is 1.65. The van der Waals surface area contributed by atoms with Crippen LogP contribution in [0.2, 0.25) is 0 Å². The van der Waals surface area contributed by atoms with Crippen molar-refractivity contribution in [3.63, 3.8) is 0 Å². The summed E-state index contributed by atoms with van der Waals surface area (Å²) in [5.41, 5.74) is 0.574. The number of rotatable bonds is 5. The first-order chi connectivity index (χ1) is 24.8. The van der Waals surface area contributed by atoms with Gasteiger partial charge in [0, 0.05) is 34.5 Å². The summed E-state index contributed by atoms with van der Waals surface area (Å²) in [7, 11) is -1.79. The number of nitrogens with zero attached hydrogens (tertiary/aromatic N) is 1. The summed E-state index contributed by atoms with van der Waals surface area (Å²) in [5, 5.41) is 30.0. The molecule has 0 aliphatic carbocycles. The minimum absolute atomic E-state index is 0.00744. The van der Waals surface area contributed by atoms with Crippen LogP contribution < -0.4 is 15.7 Å². The molecule has 2 aromatic carbocycles. The molecule has 53 heavy (non-hydrogen) atoms. The summed E-state index contributed by atoms with van der Waals surface area (Å²) in [4.78, 5) is 31.3. The third kappa shape index (κ3) is 11.9. The normalized spacial score (nSPS) is 28.5. The number of benzene rings is 2. The monoisotopic (exact) mass is 760 g/mol. The smallest absolute Gasteiger partial charge is 0.346 e. The van der Waals surface area contributed by atoms with E-state index in [1.165, 1.54) is 0 Å². The van der Waals surface area contributed by atoms with Gasteiger partial charge in [0.1, 0.15) is 5.78 Å². The zero-order chi connectivity index (χ0) is 39.1. The lowest BCUT2D eigenvalue weighted by Crippen LogP contribution is -2.47. The molecule has 2 saturated heterocycles. The summed E-state index contributed by atoms with van der Waals surface area (Å²) < 4.78 is 18.2. The van der Waals surface area contributed by atoms with Gasteiger partial charge < -0.3 is 24.7 Å². The minimum Gasteiger partial charge on any atom is -0.392 e. The number of ketones is 1. The lowest BCUT2D eigenvalue weighted by Gasteiger charge is -2.34. The second-order valence-electron chi connectivity index (χ2n) is 17.1. The molecular formula is C43H60N2O6SSi. The molecule has 2 fully saturated rings. The van der Waals surface area contributed by atoms with Gasteiger partial charge in [-0.15, -0.1) is 11.3 Å². The summed E-state index contributed by atoms with van der Waals surface area (Å²) in [5.74, 6) is -1.24. The zero-order valence-corrected chi connectivity index (χ0v) is 34.8. The van der Waals surface area contributed by atoms with Gasteiger partial charge >= 0.3 is 8.68 Å². The molecule has 5 rings (SSSR count). The lowest BCUT2D eigenvalue weighted by atomic mass is 9.72. The number of epoxide rings is 1. The molecule has 8 nitrogen and oxygen atoms in total. The van der Waals surface area contributed by atoms with Crippen LogP contribution in [0.1, 0.15) is 105 Å². The van der Waals surface area contributed by atoms with Crippen molar-refractivity contribution in [3.8, 4) is 0 Å². The first kappa shape index (κ1) is 42.6. The fourth-order valence-electron chi connectivity index (χ4n) is 7.02. The standard InChI is InChI=1S/C31H50N2O5S.C12H10OSi/c1-18-11-10-12-31(9)24(38-31)14-22(19(2)13-21-17-39-26(32-21)16-29(4,5)6)33-25(35)15-23(34)30(7,8)28(37)20(3)27(18)36;13-14(11-7-3-1-4-8-11)12-9-5-2-6-10-12/h13,17-18,20,22-24,27,34,36H,10-12,14-16H2,1-9H3,(H,33,35);1-10H/b19-13+;/t18-,20+,22?,23-,24-,27-,31+;/m0./s1. The van der Waals surface area contributed by atoms with Crippen molar-refractivity contribution in [2.75, 3.05) is 0 Å². The van der Waals surface area contributed by atoms with Crippen molar-refractivity contribution in [2.45, 2.75) is 131 Å². The quantitative estimate of drug-likeness (QED) is 0.199. The molecule has 2 aliphatic rings. The van der Waals surface area contributed by atoms with Crippen molar-refractivity contribution in [3.05, 3.63) is 82.3 Å². The largest absolute Gasteiger partial charge is 0.392 e. The second-order valence-corrected chi connectivity index (χ2v) is 19.8. The topological polar surface area (TPSA) is 129 Å². The van der Waals surface area contributed by atoms with Crippen LogP contribution in [0.15, 0.2) is 71.6 Å². The van der Waals surface area contributed by atoms with E-state index in [4.69, 9.17) is 9.72 Å². The van der Waals surface area contributed by atoms with Crippen LogP contribution in [0.4, 0.5) is 0 Å². The third-order valence-electron chi connectivity index (χ3n) is 10.8. The number of aliphatic hydroxyl groups excluding tert-OH is 2. The number of nitrogens with one attached hydrogen (secondary N) is 1. The maximum absolute atomic E-state index is 13.3. The predicted molar refractivity (Wildman–Crippen MR) is 215 cm³/mol. The Labute approximate surface area is 322 Å². The zero-order valence-electron chi connectivity index (χ0n) is 33.0. The number of aromatic nitrogens is 1. The van der Waals surface area contributed by atoms with Crippen molar-refractivity contribution in [1.29, 1.82) is 0 Å². The van der Waals surface area contributed by atoms with Crippen LogP contribution in [0.5, 0.6) is 0 Å². The van der Waals surface area contributed by atoms with E-state index in [2.05, 4.69) is 33.0 Å². The van der Waals surface area contributed by atoms with E-state index in [1.807, 2.05) is 86.0 Å². The predicted octanol–water partition coefficient (Wildman–Crippen LogP) is 6.55. The number of ether oxygens (including phenoxy) is 1. The Morgan fingerprint density at radius 1 is 1.02 bits per heavy atom. The Balaban J connectivity index is 0.000000371. The fourth-order valence-corrected chi connectivity index (χ4v) is 9.39. The number of thiazole rings is 1. The van der Waals surface area contributed by atoms with Crippen LogP contribution in [0.3, 0.4) is 0 Å². The highest BCUT2D eigenvalue weighted by molar-refractivity contribution is 7.09. The molecule has 0 bridgehead atoms. The van der Waals surface area contributed by atoms with E-state index < -0.39 is 32.2 Å². The van der Waals surface area contributed by atoms with E-state index in [1.54, 1.807) is 32.1 Å². The van der Waals surface area contributed by atoms with Gasteiger partial charge in [-0.3, -0.25) is 9.59 Å². The van der Waals surface area contributed by atoms with E-state index in [-0.39, 0.29) is 47.2 Å². The fraction of sp³-hybridized carbons (Fsp3) is 0.558. The number of carbonyl (C=O) groups excluding carboxylic acids is 2. The van der Waals surface area contributed by atoms with Crippen LogP contribution >= 0.6 is 11.3 Å². The minimum atomic E-state index is -1.79.